The van der Waals surface area contributed by atoms with Crippen molar-refractivity contribution >= 4 is 5.91 Å². The Morgan fingerprint density at radius 3 is 2.52 bits per heavy atom. The molecule has 0 radical (unpaired) electrons. The van der Waals surface area contributed by atoms with Crippen LogP contribution in [0, 0.1) is 5.92 Å². The van der Waals surface area contributed by atoms with Gasteiger partial charge in [0, 0.05) is 44.9 Å². The molecule has 0 aliphatic carbocycles. The highest BCUT2D eigenvalue weighted by atomic mass is 19.4. The average molecular weight is 356 g/mol. The van der Waals surface area contributed by atoms with Crippen molar-refractivity contribution in [1.82, 2.24) is 9.80 Å². The number of ether oxygens (including phenoxy) is 1. The zero-order valence-corrected chi connectivity index (χ0v) is 14.3. The lowest BCUT2D eigenvalue weighted by Gasteiger charge is -2.35. The van der Waals surface area contributed by atoms with Crippen LogP contribution in [0.25, 0.3) is 0 Å². The molecule has 3 fully saturated rings. The predicted molar refractivity (Wildman–Crippen MR) is 87.3 cm³/mol. The van der Waals surface area contributed by atoms with Crippen molar-refractivity contribution < 1.29 is 22.7 Å². The van der Waals surface area contributed by atoms with Crippen molar-refractivity contribution in [3.05, 3.63) is 35.4 Å². The summed E-state index contributed by atoms with van der Waals surface area (Å²) in [7, 11) is 1.68. The van der Waals surface area contributed by atoms with Crippen LogP contribution in [0.3, 0.4) is 0 Å². The number of methoxy groups -OCH3 is 1. The monoisotopic (exact) mass is 356 g/mol. The molecular weight excluding hydrogens is 333 g/mol. The van der Waals surface area contributed by atoms with Gasteiger partial charge >= 0.3 is 6.18 Å². The van der Waals surface area contributed by atoms with Gasteiger partial charge in [0.15, 0.2) is 0 Å². The first kappa shape index (κ1) is 18.2. The number of rotatable bonds is 4. The average Bonchev–Trinajstić information content (AvgIpc) is 2.90. The Labute approximate surface area is 145 Å². The van der Waals surface area contributed by atoms with Crippen molar-refractivity contribution in [3.8, 4) is 0 Å². The molecule has 1 aromatic rings. The summed E-state index contributed by atoms with van der Waals surface area (Å²) in [6.07, 6.45) is -2.25. The molecule has 1 aromatic carbocycles. The molecule has 3 heterocycles. The second kappa shape index (κ2) is 7.33. The fourth-order valence-corrected chi connectivity index (χ4v) is 3.81. The number of amides is 1. The van der Waals surface area contributed by atoms with E-state index < -0.39 is 11.7 Å². The first-order chi connectivity index (χ1) is 11.9. The first-order valence-electron chi connectivity index (χ1n) is 8.58. The fraction of sp³-hybridized carbons (Fsp3) is 0.611. The normalized spacial score (nSPS) is 24.4. The quantitative estimate of drug-likeness (QED) is 0.832. The summed E-state index contributed by atoms with van der Waals surface area (Å²) in [5, 5.41) is 0. The standard InChI is InChI=1S/C18H23F3N2O2/c1-25-9-8-22-10-13-2-7-16(22)12-23(11-13)17(24)14-3-5-15(6-4-14)18(19,20)21/h3-6,13,16H,2,7-12H2,1H3/t13-,16-/m1/s1. The summed E-state index contributed by atoms with van der Waals surface area (Å²) in [5.74, 6) is 0.230. The number of nitrogens with zero attached hydrogens (tertiary/aromatic N) is 2. The Bertz CT molecular complexity index is 603. The summed E-state index contributed by atoms with van der Waals surface area (Å²) in [5.41, 5.74) is -0.413. The number of alkyl halides is 3. The third-order valence-corrected chi connectivity index (χ3v) is 5.16. The van der Waals surface area contributed by atoms with E-state index in [2.05, 4.69) is 4.90 Å². The Hall–Kier alpha value is -1.60. The van der Waals surface area contributed by atoms with Crippen molar-refractivity contribution in [1.29, 1.82) is 0 Å². The maximum absolute atomic E-state index is 12.8. The molecule has 0 aromatic heterocycles. The van der Waals surface area contributed by atoms with Gasteiger partial charge in [-0.15, -0.1) is 0 Å². The van der Waals surface area contributed by atoms with Gasteiger partial charge in [0.05, 0.1) is 12.2 Å². The number of halogens is 3. The van der Waals surface area contributed by atoms with E-state index in [9.17, 15) is 18.0 Å². The molecule has 0 unspecified atom stereocenters. The number of benzene rings is 1. The Morgan fingerprint density at radius 1 is 1.16 bits per heavy atom. The molecule has 4 rings (SSSR count). The van der Waals surface area contributed by atoms with Crippen LogP contribution in [0.2, 0.25) is 0 Å². The SMILES string of the molecule is COCCN1C[C@H]2CC[C@@H]1CN(C(=O)c1ccc(C(F)(F)F)cc1)C2. The lowest BCUT2D eigenvalue weighted by molar-refractivity contribution is -0.137. The van der Waals surface area contributed by atoms with E-state index in [4.69, 9.17) is 4.74 Å². The van der Waals surface area contributed by atoms with Gasteiger partial charge < -0.3 is 9.64 Å². The Balaban J connectivity index is 1.70. The number of piperidine rings is 1. The molecule has 3 aliphatic heterocycles. The minimum atomic E-state index is -4.38. The molecule has 4 nitrogen and oxygen atoms in total. The highest BCUT2D eigenvalue weighted by Crippen LogP contribution is 2.31. The summed E-state index contributed by atoms with van der Waals surface area (Å²) >= 11 is 0. The van der Waals surface area contributed by atoms with Crippen LogP contribution in [0.1, 0.15) is 28.8 Å². The molecule has 2 bridgehead atoms. The highest BCUT2D eigenvalue weighted by molar-refractivity contribution is 5.94. The minimum Gasteiger partial charge on any atom is -0.383 e. The third kappa shape index (κ3) is 4.15. The van der Waals surface area contributed by atoms with E-state index in [1.54, 1.807) is 12.0 Å². The topological polar surface area (TPSA) is 32.8 Å². The van der Waals surface area contributed by atoms with E-state index in [-0.39, 0.29) is 5.91 Å². The fourth-order valence-electron chi connectivity index (χ4n) is 3.81. The predicted octanol–water partition coefficient (Wildman–Crippen LogP) is 2.89. The molecule has 7 heteroatoms. The zero-order valence-electron chi connectivity index (χ0n) is 14.3. The van der Waals surface area contributed by atoms with Gasteiger partial charge in [-0.2, -0.15) is 13.2 Å². The second-order valence-electron chi connectivity index (χ2n) is 6.87. The Morgan fingerprint density at radius 2 is 1.88 bits per heavy atom. The lowest BCUT2D eigenvalue weighted by atomic mass is 9.95. The maximum atomic E-state index is 12.8. The van der Waals surface area contributed by atoms with Gasteiger partial charge in [0.25, 0.3) is 5.91 Å². The van der Waals surface area contributed by atoms with Crippen LogP contribution in [0.15, 0.2) is 24.3 Å². The van der Waals surface area contributed by atoms with Gasteiger partial charge in [-0.1, -0.05) is 0 Å². The van der Waals surface area contributed by atoms with Gasteiger partial charge in [-0.25, -0.2) is 0 Å². The Kier molecular flexibility index (Phi) is 5.34. The number of fused-ring (bicyclic) bond motifs is 4. The van der Waals surface area contributed by atoms with Crippen molar-refractivity contribution in [3.63, 3.8) is 0 Å². The smallest absolute Gasteiger partial charge is 0.383 e. The number of hydrogen-bond acceptors (Lipinski definition) is 3. The molecule has 2 atom stereocenters. The van der Waals surface area contributed by atoms with E-state index in [0.717, 1.165) is 38.1 Å². The van der Waals surface area contributed by atoms with Crippen LogP contribution < -0.4 is 0 Å². The van der Waals surface area contributed by atoms with Crippen molar-refractivity contribution in [2.75, 3.05) is 39.9 Å². The molecule has 1 amide bonds. The van der Waals surface area contributed by atoms with E-state index in [1.807, 2.05) is 0 Å². The summed E-state index contributed by atoms with van der Waals surface area (Å²) in [6.45, 7) is 3.75. The van der Waals surface area contributed by atoms with Gasteiger partial charge in [-0.05, 0) is 43.0 Å². The number of carbonyl (C=O) groups is 1. The van der Waals surface area contributed by atoms with E-state index >= 15 is 0 Å². The molecular formula is C18H23F3N2O2. The van der Waals surface area contributed by atoms with Gasteiger partial charge in [0.1, 0.15) is 0 Å². The third-order valence-electron chi connectivity index (χ3n) is 5.16. The summed E-state index contributed by atoms with van der Waals surface area (Å²) in [6, 6.07) is 4.81. The van der Waals surface area contributed by atoms with Crippen molar-refractivity contribution in [2.24, 2.45) is 5.92 Å². The lowest BCUT2D eigenvalue weighted by Crippen LogP contribution is -2.45. The van der Waals surface area contributed by atoms with Crippen LogP contribution >= 0.6 is 0 Å². The molecule has 0 N–H and O–H groups in total. The van der Waals surface area contributed by atoms with Crippen LogP contribution in [-0.2, 0) is 10.9 Å². The van der Waals surface area contributed by atoms with E-state index in [0.29, 0.717) is 37.2 Å². The van der Waals surface area contributed by atoms with Crippen molar-refractivity contribution in [2.45, 2.75) is 25.1 Å². The highest BCUT2D eigenvalue weighted by Gasteiger charge is 2.36. The van der Waals surface area contributed by atoms with Gasteiger partial charge in [-0.3, -0.25) is 9.69 Å². The molecule has 3 aliphatic rings. The summed E-state index contributed by atoms with van der Waals surface area (Å²) in [4.78, 5) is 16.9. The molecule has 138 valence electrons. The molecule has 3 saturated heterocycles. The minimum absolute atomic E-state index is 0.181. The van der Waals surface area contributed by atoms with Crippen LogP contribution in [0.4, 0.5) is 13.2 Å². The molecule has 0 spiro atoms. The zero-order chi connectivity index (χ0) is 18.0. The van der Waals surface area contributed by atoms with Crippen LogP contribution in [-0.4, -0.2) is 61.6 Å². The molecule has 25 heavy (non-hydrogen) atoms. The van der Waals surface area contributed by atoms with E-state index in [1.165, 1.54) is 12.1 Å². The first-order valence-corrected chi connectivity index (χ1v) is 8.58. The maximum Gasteiger partial charge on any atom is 0.416 e. The largest absolute Gasteiger partial charge is 0.416 e. The molecule has 0 saturated carbocycles. The second-order valence-corrected chi connectivity index (χ2v) is 6.87. The summed E-state index contributed by atoms with van der Waals surface area (Å²) < 4.78 is 43.2. The van der Waals surface area contributed by atoms with Crippen LogP contribution in [0.5, 0.6) is 0 Å². The number of hydrogen-bond donors (Lipinski definition) is 0. The number of carbonyl (C=O) groups excluding carboxylic acids is 1. The van der Waals surface area contributed by atoms with Gasteiger partial charge in [0.2, 0.25) is 0 Å².